The van der Waals surface area contributed by atoms with Crippen molar-refractivity contribution >= 4 is 10.9 Å². The molecule has 1 heterocycles. The molecule has 0 saturated carbocycles. The molecule has 0 unspecified atom stereocenters. The number of aliphatic hydroxyl groups is 1. The van der Waals surface area contributed by atoms with E-state index in [2.05, 4.69) is 17.2 Å². The fourth-order valence-electron chi connectivity index (χ4n) is 2.29. The Balaban J connectivity index is 1.84. The van der Waals surface area contributed by atoms with Gasteiger partial charge in [0.25, 0.3) is 0 Å². The molecule has 3 rings (SSSR count). The standard InChI is InChI=1S/C17H18N2O2/c20-10-5-11-21-17-9-4-8-16-15(17)13-19(18-16)12-14-6-2-1-3-7-14/h1-4,6-9,13,20H,5,10-12H2. The topological polar surface area (TPSA) is 47.3 Å². The number of hydrogen-bond acceptors (Lipinski definition) is 3. The van der Waals surface area contributed by atoms with Crippen LogP contribution >= 0.6 is 0 Å². The molecule has 0 aliphatic carbocycles. The molecule has 0 atom stereocenters. The highest BCUT2D eigenvalue weighted by atomic mass is 16.5. The molecule has 0 aliphatic rings. The van der Waals surface area contributed by atoms with Gasteiger partial charge in [0, 0.05) is 19.2 Å². The lowest BCUT2D eigenvalue weighted by Crippen LogP contribution is -2.00. The van der Waals surface area contributed by atoms with Gasteiger partial charge in [0.15, 0.2) is 0 Å². The molecule has 0 saturated heterocycles. The summed E-state index contributed by atoms with van der Waals surface area (Å²) in [6, 6.07) is 16.1. The smallest absolute Gasteiger partial charge is 0.130 e. The Morgan fingerprint density at radius 2 is 1.90 bits per heavy atom. The van der Waals surface area contributed by atoms with Crippen molar-refractivity contribution in [1.82, 2.24) is 9.78 Å². The van der Waals surface area contributed by atoms with Crippen LogP contribution in [0, 0.1) is 0 Å². The second-order valence-corrected chi connectivity index (χ2v) is 4.93. The van der Waals surface area contributed by atoms with E-state index in [1.807, 2.05) is 47.3 Å². The molecule has 108 valence electrons. The van der Waals surface area contributed by atoms with Gasteiger partial charge in [-0.1, -0.05) is 36.4 Å². The normalized spacial score (nSPS) is 10.9. The molecule has 4 nitrogen and oxygen atoms in total. The Labute approximate surface area is 123 Å². The van der Waals surface area contributed by atoms with E-state index in [0.717, 1.165) is 23.2 Å². The van der Waals surface area contributed by atoms with Gasteiger partial charge in [-0.15, -0.1) is 0 Å². The monoisotopic (exact) mass is 282 g/mol. The molecular formula is C17H18N2O2. The predicted molar refractivity (Wildman–Crippen MR) is 82.5 cm³/mol. The van der Waals surface area contributed by atoms with Crippen molar-refractivity contribution in [3.63, 3.8) is 0 Å². The summed E-state index contributed by atoms with van der Waals surface area (Å²) in [5.41, 5.74) is 2.14. The summed E-state index contributed by atoms with van der Waals surface area (Å²) in [7, 11) is 0. The van der Waals surface area contributed by atoms with Gasteiger partial charge in [0.1, 0.15) is 5.75 Å². The second-order valence-electron chi connectivity index (χ2n) is 4.93. The Kier molecular flexibility index (Phi) is 4.17. The maximum Gasteiger partial charge on any atom is 0.130 e. The molecule has 0 bridgehead atoms. The summed E-state index contributed by atoms with van der Waals surface area (Å²) in [5.74, 6) is 0.820. The van der Waals surface area contributed by atoms with Crippen molar-refractivity contribution in [1.29, 1.82) is 0 Å². The lowest BCUT2D eigenvalue weighted by Gasteiger charge is -2.05. The summed E-state index contributed by atoms with van der Waals surface area (Å²) < 4.78 is 7.64. The quantitative estimate of drug-likeness (QED) is 0.707. The minimum absolute atomic E-state index is 0.142. The van der Waals surface area contributed by atoms with Gasteiger partial charge in [-0.2, -0.15) is 5.10 Å². The van der Waals surface area contributed by atoms with Crippen LogP contribution in [0.2, 0.25) is 0 Å². The van der Waals surface area contributed by atoms with Crippen LogP contribution in [0.5, 0.6) is 5.75 Å². The molecule has 1 N–H and O–H groups in total. The summed E-state index contributed by atoms with van der Waals surface area (Å²) in [6.45, 7) is 1.40. The summed E-state index contributed by atoms with van der Waals surface area (Å²) >= 11 is 0. The van der Waals surface area contributed by atoms with Crippen molar-refractivity contribution in [2.24, 2.45) is 0 Å². The molecule has 0 fully saturated rings. The number of benzene rings is 2. The maximum absolute atomic E-state index is 8.83. The van der Waals surface area contributed by atoms with E-state index >= 15 is 0 Å². The zero-order valence-electron chi connectivity index (χ0n) is 11.8. The number of rotatable bonds is 6. The highest BCUT2D eigenvalue weighted by molar-refractivity contribution is 5.84. The summed E-state index contributed by atoms with van der Waals surface area (Å²) in [4.78, 5) is 0. The average molecular weight is 282 g/mol. The molecule has 3 aromatic rings. The van der Waals surface area contributed by atoms with Crippen LogP contribution in [-0.2, 0) is 6.54 Å². The first-order chi connectivity index (χ1) is 10.4. The maximum atomic E-state index is 8.83. The van der Waals surface area contributed by atoms with E-state index in [1.165, 1.54) is 5.56 Å². The molecule has 0 amide bonds. The molecule has 0 radical (unpaired) electrons. The molecule has 0 spiro atoms. The molecule has 1 aromatic heterocycles. The van der Waals surface area contributed by atoms with Crippen LogP contribution in [0.25, 0.3) is 10.9 Å². The zero-order valence-corrected chi connectivity index (χ0v) is 11.8. The third-order valence-corrected chi connectivity index (χ3v) is 3.30. The third kappa shape index (κ3) is 3.23. The molecular weight excluding hydrogens is 264 g/mol. The lowest BCUT2D eigenvalue weighted by molar-refractivity contribution is 0.235. The molecule has 4 heteroatoms. The number of fused-ring (bicyclic) bond motifs is 1. The van der Waals surface area contributed by atoms with E-state index in [-0.39, 0.29) is 6.61 Å². The van der Waals surface area contributed by atoms with Crippen LogP contribution in [0.3, 0.4) is 0 Å². The fourth-order valence-corrected chi connectivity index (χ4v) is 2.29. The number of hydrogen-bond donors (Lipinski definition) is 1. The van der Waals surface area contributed by atoms with E-state index in [9.17, 15) is 0 Å². The minimum Gasteiger partial charge on any atom is -0.493 e. The first kappa shape index (κ1) is 13.6. The van der Waals surface area contributed by atoms with Gasteiger partial charge < -0.3 is 9.84 Å². The van der Waals surface area contributed by atoms with Crippen LogP contribution in [-0.4, -0.2) is 28.1 Å². The number of ether oxygens (including phenoxy) is 1. The van der Waals surface area contributed by atoms with E-state index < -0.39 is 0 Å². The van der Waals surface area contributed by atoms with Crippen LogP contribution in [0.15, 0.2) is 54.7 Å². The minimum atomic E-state index is 0.142. The van der Waals surface area contributed by atoms with Crippen LogP contribution in [0.4, 0.5) is 0 Å². The van der Waals surface area contributed by atoms with Gasteiger partial charge in [-0.3, -0.25) is 4.68 Å². The first-order valence-corrected chi connectivity index (χ1v) is 7.10. The average Bonchev–Trinajstić information content (AvgIpc) is 2.92. The van der Waals surface area contributed by atoms with Crippen LogP contribution in [0.1, 0.15) is 12.0 Å². The Hall–Kier alpha value is -2.33. The molecule has 2 aromatic carbocycles. The first-order valence-electron chi connectivity index (χ1n) is 7.10. The molecule has 21 heavy (non-hydrogen) atoms. The lowest BCUT2D eigenvalue weighted by atomic mass is 10.2. The fraction of sp³-hybridized carbons (Fsp3) is 0.235. The predicted octanol–water partition coefficient (Wildman–Crippen LogP) is 2.85. The van der Waals surface area contributed by atoms with Gasteiger partial charge in [-0.05, 0) is 17.7 Å². The Morgan fingerprint density at radius 1 is 1.05 bits per heavy atom. The van der Waals surface area contributed by atoms with Crippen molar-refractivity contribution in [2.45, 2.75) is 13.0 Å². The zero-order chi connectivity index (χ0) is 14.5. The van der Waals surface area contributed by atoms with Crippen molar-refractivity contribution in [2.75, 3.05) is 13.2 Å². The SMILES string of the molecule is OCCCOc1cccc2nn(Cc3ccccc3)cc12. The summed E-state index contributed by atoms with van der Waals surface area (Å²) in [6.07, 6.45) is 2.64. The molecule has 0 aliphatic heterocycles. The van der Waals surface area contributed by atoms with Gasteiger partial charge in [0.05, 0.1) is 24.1 Å². The van der Waals surface area contributed by atoms with E-state index in [1.54, 1.807) is 0 Å². The van der Waals surface area contributed by atoms with Gasteiger partial charge >= 0.3 is 0 Å². The third-order valence-electron chi connectivity index (χ3n) is 3.30. The van der Waals surface area contributed by atoms with Gasteiger partial charge in [-0.25, -0.2) is 0 Å². The van der Waals surface area contributed by atoms with Gasteiger partial charge in [0.2, 0.25) is 0 Å². The van der Waals surface area contributed by atoms with E-state index in [0.29, 0.717) is 13.0 Å². The van der Waals surface area contributed by atoms with Crippen LogP contribution < -0.4 is 4.74 Å². The van der Waals surface area contributed by atoms with Crippen molar-refractivity contribution in [3.05, 3.63) is 60.3 Å². The number of aromatic nitrogens is 2. The van der Waals surface area contributed by atoms with Crippen molar-refractivity contribution < 1.29 is 9.84 Å². The summed E-state index contributed by atoms with van der Waals surface area (Å²) in [5, 5.41) is 14.4. The largest absolute Gasteiger partial charge is 0.493 e. The number of nitrogens with zero attached hydrogens (tertiary/aromatic N) is 2. The number of aliphatic hydroxyl groups excluding tert-OH is 1. The Bertz CT molecular complexity index is 707. The second kappa shape index (κ2) is 6.41. The van der Waals surface area contributed by atoms with E-state index in [4.69, 9.17) is 9.84 Å². The highest BCUT2D eigenvalue weighted by Gasteiger charge is 2.07. The Morgan fingerprint density at radius 3 is 2.71 bits per heavy atom. The van der Waals surface area contributed by atoms with Crippen molar-refractivity contribution in [3.8, 4) is 5.75 Å². The highest BCUT2D eigenvalue weighted by Crippen LogP contribution is 2.25.